The Kier molecular flexibility index (Phi) is 7.53. The first-order chi connectivity index (χ1) is 15.7. The SMILES string of the molecule is CCOC(=O)CCCn1cc(C(=O)c2cccc(NC(=O)OC(C)(C)C)c2)c2ccccc21. The molecule has 0 aliphatic carbocycles. The number of ether oxygens (including phenoxy) is 2. The fraction of sp³-hybridized carbons (Fsp3) is 0.346. The van der Waals surface area contributed by atoms with Gasteiger partial charge in [-0.05, 0) is 52.3 Å². The average Bonchev–Trinajstić information content (AvgIpc) is 3.11. The van der Waals surface area contributed by atoms with E-state index < -0.39 is 11.7 Å². The number of ketones is 1. The van der Waals surface area contributed by atoms with Crippen molar-refractivity contribution in [2.24, 2.45) is 0 Å². The molecule has 3 rings (SSSR count). The van der Waals surface area contributed by atoms with Gasteiger partial charge in [-0.15, -0.1) is 0 Å². The third-order valence-electron chi connectivity index (χ3n) is 4.89. The third kappa shape index (κ3) is 6.44. The number of nitrogens with one attached hydrogen (secondary N) is 1. The van der Waals surface area contributed by atoms with Gasteiger partial charge in [-0.25, -0.2) is 4.79 Å². The zero-order chi connectivity index (χ0) is 24.0. The van der Waals surface area contributed by atoms with Gasteiger partial charge in [0.1, 0.15) is 5.60 Å². The lowest BCUT2D eigenvalue weighted by Crippen LogP contribution is -2.27. The minimum Gasteiger partial charge on any atom is -0.466 e. The first kappa shape index (κ1) is 24.0. The number of carbonyl (C=O) groups is 3. The molecule has 7 nitrogen and oxygen atoms in total. The number of para-hydroxylation sites is 1. The van der Waals surface area contributed by atoms with Crippen LogP contribution < -0.4 is 5.32 Å². The van der Waals surface area contributed by atoms with Crippen LogP contribution >= 0.6 is 0 Å². The maximum Gasteiger partial charge on any atom is 0.412 e. The average molecular weight is 451 g/mol. The van der Waals surface area contributed by atoms with Gasteiger partial charge in [0.15, 0.2) is 5.78 Å². The van der Waals surface area contributed by atoms with E-state index in [2.05, 4.69) is 5.32 Å². The Balaban J connectivity index is 1.81. The second-order valence-electron chi connectivity index (χ2n) is 8.70. The Morgan fingerprint density at radius 1 is 1.03 bits per heavy atom. The molecule has 0 aliphatic rings. The van der Waals surface area contributed by atoms with E-state index in [0.29, 0.717) is 42.8 Å². The highest BCUT2D eigenvalue weighted by Crippen LogP contribution is 2.25. The molecule has 0 radical (unpaired) electrons. The normalized spacial score (nSPS) is 11.3. The molecule has 3 aromatic rings. The van der Waals surface area contributed by atoms with E-state index in [-0.39, 0.29) is 11.8 Å². The van der Waals surface area contributed by atoms with Crippen molar-refractivity contribution in [3.05, 3.63) is 65.9 Å². The second-order valence-corrected chi connectivity index (χ2v) is 8.70. The van der Waals surface area contributed by atoms with Crippen molar-refractivity contribution >= 4 is 34.4 Å². The lowest BCUT2D eigenvalue weighted by Gasteiger charge is -2.19. The van der Waals surface area contributed by atoms with Crippen LogP contribution in [0.15, 0.2) is 54.7 Å². The molecule has 1 aromatic heterocycles. The molecule has 7 heteroatoms. The summed E-state index contributed by atoms with van der Waals surface area (Å²) in [5.74, 6) is -0.372. The number of amides is 1. The van der Waals surface area contributed by atoms with E-state index in [1.165, 1.54) is 0 Å². The highest BCUT2D eigenvalue weighted by atomic mass is 16.6. The van der Waals surface area contributed by atoms with Crippen molar-refractivity contribution < 1.29 is 23.9 Å². The van der Waals surface area contributed by atoms with Crippen LogP contribution in [0.4, 0.5) is 10.5 Å². The minimum atomic E-state index is -0.618. The second kappa shape index (κ2) is 10.3. The molecule has 1 N–H and O–H groups in total. The van der Waals surface area contributed by atoms with Crippen molar-refractivity contribution in [3.63, 3.8) is 0 Å². The predicted molar refractivity (Wildman–Crippen MR) is 128 cm³/mol. The lowest BCUT2D eigenvalue weighted by molar-refractivity contribution is -0.143. The van der Waals surface area contributed by atoms with Crippen LogP contribution in [0.25, 0.3) is 10.9 Å². The molecule has 0 unspecified atom stereocenters. The smallest absolute Gasteiger partial charge is 0.412 e. The number of hydrogen-bond acceptors (Lipinski definition) is 5. The third-order valence-corrected chi connectivity index (χ3v) is 4.89. The van der Waals surface area contributed by atoms with Gasteiger partial charge in [-0.3, -0.25) is 14.9 Å². The molecule has 0 saturated heterocycles. The predicted octanol–water partition coefficient (Wildman–Crippen LogP) is 5.56. The number of rotatable bonds is 8. The van der Waals surface area contributed by atoms with Crippen molar-refractivity contribution in [2.45, 2.75) is 52.7 Å². The zero-order valence-electron chi connectivity index (χ0n) is 19.5. The first-order valence-corrected chi connectivity index (χ1v) is 11.1. The standard InChI is InChI=1S/C26H30N2O5/c1-5-32-23(29)14-9-15-28-17-21(20-12-6-7-13-22(20)28)24(30)18-10-8-11-19(16-18)27-25(31)33-26(2,3)4/h6-8,10-13,16-17H,5,9,14-15H2,1-4H3,(H,27,31). The summed E-state index contributed by atoms with van der Waals surface area (Å²) in [5.41, 5.74) is 1.81. The Bertz CT molecular complexity index is 1160. The van der Waals surface area contributed by atoms with E-state index in [9.17, 15) is 14.4 Å². The molecule has 1 amide bonds. The molecule has 0 fully saturated rings. The van der Waals surface area contributed by atoms with Crippen molar-refractivity contribution in [3.8, 4) is 0 Å². The molecule has 0 bridgehead atoms. The summed E-state index contributed by atoms with van der Waals surface area (Å²) in [5, 5.41) is 3.51. The molecule has 1 heterocycles. The van der Waals surface area contributed by atoms with E-state index in [1.54, 1.807) is 52.0 Å². The summed E-state index contributed by atoms with van der Waals surface area (Å²) in [6, 6.07) is 14.5. The topological polar surface area (TPSA) is 86.6 Å². The molecular weight excluding hydrogens is 420 g/mol. The highest BCUT2D eigenvalue weighted by Gasteiger charge is 2.19. The number of nitrogens with zero attached hydrogens (tertiary/aromatic N) is 1. The maximum atomic E-state index is 13.4. The van der Waals surface area contributed by atoms with Gasteiger partial charge in [0.25, 0.3) is 0 Å². The Labute approximate surface area is 193 Å². The molecular formula is C26H30N2O5. The Morgan fingerprint density at radius 2 is 1.79 bits per heavy atom. The van der Waals surface area contributed by atoms with Crippen LogP contribution in [0, 0.1) is 0 Å². The molecule has 0 aliphatic heterocycles. The number of aromatic nitrogens is 1. The lowest BCUT2D eigenvalue weighted by atomic mass is 10.0. The molecule has 174 valence electrons. The molecule has 0 spiro atoms. The monoisotopic (exact) mass is 450 g/mol. The molecule has 33 heavy (non-hydrogen) atoms. The molecule has 0 atom stereocenters. The quantitative estimate of drug-likeness (QED) is 0.358. The van der Waals surface area contributed by atoms with Gasteiger partial charge in [-0.1, -0.05) is 30.3 Å². The number of anilines is 1. The fourth-order valence-electron chi connectivity index (χ4n) is 3.55. The summed E-state index contributed by atoms with van der Waals surface area (Å²) in [7, 11) is 0. The summed E-state index contributed by atoms with van der Waals surface area (Å²) < 4.78 is 12.3. The number of carbonyl (C=O) groups excluding carboxylic acids is 3. The zero-order valence-corrected chi connectivity index (χ0v) is 19.5. The number of esters is 1. The summed E-state index contributed by atoms with van der Waals surface area (Å²) >= 11 is 0. The summed E-state index contributed by atoms with van der Waals surface area (Å²) in [6.45, 7) is 8.10. The van der Waals surface area contributed by atoms with Gasteiger partial charge < -0.3 is 14.0 Å². The summed E-state index contributed by atoms with van der Waals surface area (Å²) in [4.78, 5) is 37.1. The van der Waals surface area contributed by atoms with Crippen molar-refractivity contribution in [1.82, 2.24) is 4.57 Å². The number of benzene rings is 2. The maximum absolute atomic E-state index is 13.4. The number of fused-ring (bicyclic) bond motifs is 1. The minimum absolute atomic E-state index is 0.150. The van der Waals surface area contributed by atoms with Crippen molar-refractivity contribution in [2.75, 3.05) is 11.9 Å². The first-order valence-electron chi connectivity index (χ1n) is 11.1. The van der Waals surface area contributed by atoms with E-state index in [0.717, 1.165) is 10.9 Å². The molecule has 0 saturated carbocycles. The van der Waals surface area contributed by atoms with Gasteiger partial charge in [-0.2, -0.15) is 0 Å². The fourth-order valence-corrected chi connectivity index (χ4v) is 3.55. The molecule has 2 aromatic carbocycles. The van der Waals surface area contributed by atoms with E-state index in [1.807, 2.05) is 35.0 Å². The Morgan fingerprint density at radius 3 is 2.52 bits per heavy atom. The largest absolute Gasteiger partial charge is 0.466 e. The van der Waals surface area contributed by atoms with Crippen LogP contribution in [0.1, 0.15) is 56.5 Å². The van der Waals surface area contributed by atoms with Gasteiger partial charge >= 0.3 is 12.1 Å². The number of hydrogen-bond donors (Lipinski definition) is 1. The van der Waals surface area contributed by atoms with Gasteiger partial charge in [0.05, 0.1) is 6.61 Å². The van der Waals surface area contributed by atoms with Crippen molar-refractivity contribution in [1.29, 1.82) is 0 Å². The van der Waals surface area contributed by atoms with Crippen LogP contribution in [-0.2, 0) is 20.8 Å². The van der Waals surface area contributed by atoms with Crippen LogP contribution in [0.5, 0.6) is 0 Å². The van der Waals surface area contributed by atoms with E-state index in [4.69, 9.17) is 9.47 Å². The van der Waals surface area contributed by atoms with E-state index >= 15 is 0 Å². The van der Waals surface area contributed by atoms with Gasteiger partial charge in [0, 0.05) is 46.9 Å². The number of aryl methyl sites for hydroxylation is 1. The Hall–Kier alpha value is -3.61. The van der Waals surface area contributed by atoms with Crippen LogP contribution in [0.2, 0.25) is 0 Å². The van der Waals surface area contributed by atoms with Gasteiger partial charge in [0.2, 0.25) is 0 Å². The highest BCUT2D eigenvalue weighted by molar-refractivity contribution is 6.16. The van der Waals surface area contributed by atoms with Crippen LogP contribution in [-0.4, -0.2) is 34.6 Å². The van der Waals surface area contributed by atoms with Crippen LogP contribution in [0.3, 0.4) is 0 Å². The summed E-state index contributed by atoms with van der Waals surface area (Å²) in [6.07, 6.45) is 2.18.